The van der Waals surface area contributed by atoms with E-state index in [4.69, 9.17) is 10.5 Å². The lowest BCUT2D eigenvalue weighted by Gasteiger charge is -2.24. The summed E-state index contributed by atoms with van der Waals surface area (Å²) in [5.74, 6) is 1.22. The molecule has 0 radical (unpaired) electrons. The summed E-state index contributed by atoms with van der Waals surface area (Å²) in [6, 6.07) is 0. The highest BCUT2D eigenvalue weighted by Crippen LogP contribution is 2.27. The van der Waals surface area contributed by atoms with Gasteiger partial charge in [-0.15, -0.1) is 0 Å². The highest BCUT2D eigenvalue weighted by Gasteiger charge is 2.16. The van der Waals surface area contributed by atoms with E-state index >= 15 is 0 Å². The Morgan fingerprint density at radius 2 is 2.05 bits per heavy atom. The van der Waals surface area contributed by atoms with Crippen LogP contribution in [0.1, 0.15) is 26.7 Å². The molecule has 1 aliphatic rings. The Bertz CT molecular complexity index is 432. The van der Waals surface area contributed by atoms with Crippen LogP contribution in [0.3, 0.4) is 0 Å². The maximum atomic E-state index is 6.11. The number of likely N-dealkylation sites (tertiary alicyclic amines) is 1. The summed E-state index contributed by atoms with van der Waals surface area (Å²) < 4.78 is 5.60. The van der Waals surface area contributed by atoms with Crippen molar-refractivity contribution < 1.29 is 4.74 Å². The molecule has 0 saturated carbocycles. The molecule has 2 heterocycles. The molecule has 1 aromatic rings. The number of nitrogen functional groups attached to an aromatic ring is 1. The molecule has 0 aliphatic carbocycles. The van der Waals surface area contributed by atoms with Crippen LogP contribution in [0.2, 0.25) is 0 Å². The van der Waals surface area contributed by atoms with Crippen molar-refractivity contribution in [3.8, 4) is 5.88 Å². The van der Waals surface area contributed by atoms with Crippen LogP contribution in [0.25, 0.3) is 0 Å². The van der Waals surface area contributed by atoms with Crippen LogP contribution >= 0.6 is 0 Å². The SMILES string of the molecule is CC(C)Oc1ncnc(N(C)CCN2CCCC2)c1N. The van der Waals surface area contributed by atoms with Crippen LogP contribution in [-0.4, -0.2) is 54.2 Å². The largest absolute Gasteiger partial charge is 0.473 e. The maximum Gasteiger partial charge on any atom is 0.242 e. The monoisotopic (exact) mass is 279 g/mol. The smallest absolute Gasteiger partial charge is 0.242 e. The van der Waals surface area contributed by atoms with Gasteiger partial charge in [0.05, 0.1) is 6.10 Å². The molecule has 0 atom stereocenters. The Balaban J connectivity index is 1.99. The minimum absolute atomic E-state index is 0.0509. The molecule has 20 heavy (non-hydrogen) atoms. The summed E-state index contributed by atoms with van der Waals surface area (Å²) in [5.41, 5.74) is 6.63. The number of rotatable bonds is 6. The number of ether oxygens (including phenoxy) is 1. The van der Waals surface area contributed by atoms with Crippen molar-refractivity contribution >= 4 is 11.5 Å². The van der Waals surface area contributed by atoms with Crippen LogP contribution in [0.5, 0.6) is 5.88 Å². The molecule has 2 rings (SSSR count). The Hall–Kier alpha value is -1.56. The van der Waals surface area contributed by atoms with E-state index in [1.807, 2.05) is 20.9 Å². The highest BCUT2D eigenvalue weighted by molar-refractivity contribution is 5.67. The van der Waals surface area contributed by atoms with Crippen molar-refractivity contribution in [2.24, 2.45) is 0 Å². The van der Waals surface area contributed by atoms with E-state index in [0.717, 1.165) is 18.9 Å². The van der Waals surface area contributed by atoms with Crippen molar-refractivity contribution in [1.82, 2.24) is 14.9 Å². The molecule has 1 aromatic heterocycles. The molecule has 6 nitrogen and oxygen atoms in total. The topological polar surface area (TPSA) is 67.5 Å². The van der Waals surface area contributed by atoms with Gasteiger partial charge in [0.25, 0.3) is 0 Å². The Kier molecular flexibility index (Phi) is 5.00. The molecule has 112 valence electrons. The molecule has 0 unspecified atom stereocenters. The van der Waals surface area contributed by atoms with Crippen molar-refractivity contribution in [1.29, 1.82) is 0 Å². The third-order valence-corrected chi connectivity index (χ3v) is 3.49. The minimum Gasteiger partial charge on any atom is -0.473 e. The maximum absolute atomic E-state index is 6.11. The van der Waals surface area contributed by atoms with Gasteiger partial charge in [-0.25, -0.2) is 4.98 Å². The van der Waals surface area contributed by atoms with Gasteiger partial charge in [0, 0.05) is 20.1 Å². The summed E-state index contributed by atoms with van der Waals surface area (Å²) >= 11 is 0. The lowest BCUT2D eigenvalue weighted by Crippen LogP contribution is -2.32. The van der Waals surface area contributed by atoms with Gasteiger partial charge in [0.15, 0.2) is 5.82 Å². The standard InChI is InChI=1S/C14H25N5O/c1-11(2)20-14-12(15)13(16-10-17-14)18(3)8-9-19-6-4-5-7-19/h10-11H,4-9,15H2,1-3H3. The van der Waals surface area contributed by atoms with E-state index in [1.54, 1.807) is 0 Å². The molecular weight excluding hydrogens is 254 g/mol. The van der Waals surface area contributed by atoms with E-state index in [1.165, 1.54) is 32.3 Å². The molecule has 1 saturated heterocycles. The summed E-state index contributed by atoms with van der Waals surface area (Å²) in [6.45, 7) is 8.27. The average molecular weight is 279 g/mol. The van der Waals surface area contributed by atoms with Crippen molar-refractivity contribution in [3.05, 3.63) is 6.33 Å². The summed E-state index contributed by atoms with van der Waals surface area (Å²) in [5, 5.41) is 0. The fraction of sp³-hybridized carbons (Fsp3) is 0.714. The molecule has 0 bridgehead atoms. The van der Waals surface area contributed by atoms with Gasteiger partial charge in [-0.1, -0.05) is 0 Å². The zero-order valence-electron chi connectivity index (χ0n) is 12.7. The van der Waals surface area contributed by atoms with Crippen molar-refractivity contribution in [3.63, 3.8) is 0 Å². The first kappa shape index (κ1) is 14.8. The van der Waals surface area contributed by atoms with Gasteiger partial charge < -0.3 is 20.3 Å². The zero-order valence-corrected chi connectivity index (χ0v) is 12.7. The normalized spacial score (nSPS) is 15.8. The number of nitrogens with zero attached hydrogens (tertiary/aromatic N) is 4. The van der Waals surface area contributed by atoms with Gasteiger partial charge in [-0.3, -0.25) is 0 Å². The third kappa shape index (κ3) is 3.72. The van der Waals surface area contributed by atoms with Crippen LogP contribution in [0, 0.1) is 0 Å². The number of nitrogens with two attached hydrogens (primary N) is 1. The van der Waals surface area contributed by atoms with Crippen LogP contribution in [-0.2, 0) is 0 Å². The van der Waals surface area contributed by atoms with Crippen LogP contribution < -0.4 is 15.4 Å². The predicted octanol–water partition coefficient (Wildman–Crippen LogP) is 1.38. The van der Waals surface area contributed by atoms with Gasteiger partial charge in [0.1, 0.15) is 12.0 Å². The number of aromatic nitrogens is 2. The van der Waals surface area contributed by atoms with Crippen LogP contribution in [0.15, 0.2) is 6.33 Å². The van der Waals surface area contributed by atoms with Gasteiger partial charge >= 0.3 is 0 Å². The molecule has 0 spiro atoms. The quantitative estimate of drug-likeness (QED) is 0.848. The van der Waals surface area contributed by atoms with Gasteiger partial charge in [-0.2, -0.15) is 4.98 Å². The number of hydrogen-bond acceptors (Lipinski definition) is 6. The Labute approximate surface area is 120 Å². The van der Waals surface area contributed by atoms with Crippen LogP contribution in [0.4, 0.5) is 11.5 Å². The fourth-order valence-electron chi connectivity index (χ4n) is 2.40. The first-order chi connectivity index (χ1) is 9.58. The van der Waals surface area contributed by atoms with E-state index in [0.29, 0.717) is 11.6 Å². The lowest BCUT2D eigenvalue weighted by atomic mass is 10.4. The number of likely N-dealkylation sites (N-methyl/N-ethyl adjacent to an activating group) is 1. The summed E-state index contributed by atoms with van der Waals surface area (Å²) in [7, 11) is 2.01. The zero-order chi connectivity index (χ0) is 14.5. The van der Waals surface area contributed by atoms with Gasteiger partial charge in [0.2, 0.25) is 5.88 Å². The Morgan fingerprint density at radius 3 is 2.70 bits per heavy atom. The molecule has 2 N–H and O–H groups in total. The van der Waals surface area contributed by atoms with E-state index in [-0.39, 0.29) is 6.10 Å². The molecule has 6 heteroatoms. The van der Waals surface area contributed by atoms with E-state index in [9.17, 15) is 0 Å². The number of hydrogen-bond donors (Lipinski definition) is 1. The fourth-order valence-corrected chi connectivity index (χ4v) is 2.40. The number of anilines is 2. The Morgan fingerprint density at radius 1 is 1.35 bits per heavy atom. The van der Waals surface area contributed by atoms with Gasteiger partial charge in [-0.05, 0) is 39.8 Å². The summed E-state index contributed by atoms with van der Waals surface area (Å²) in [6.07, 6.45) is 4.18. The van der Waals surface area contributed by atoms with Crippen molar-refractivity contribution in [2.75, 3.05) is 43.9 Å². The lowest BCUT2D eigenvalue weighted by molar-refractivity contribution is 0.234. The first-order valence-corrected chi connectivity index (χ1v) is 7.28. The second kappa shape index (κ2) is 6.74. The molecule has 1 fully saturated rings. The third-order valence-electron chi connectivity index (χ3n) is 3.49. The molecule has 0 amide bonds. The molecule has 0 aromatic carbocycles. The second-order valence-corrected chi connectivity index (χ2v) is 5.55. The van der Waals surface area contributed by atoms with Crippen molar-refractivity contribution in [2.45, 2.75) is 32.8 Å². The highest BCUT2D eigenvalue weighted by atomic mass is 16.5. The van der Waals surface area contributed by atoms with E-state index < -0.39 is 0 Å². The first-order valence-electron chi connectivity index (χ1n) is 7.28. The molecule has 1 aliphatic heterocycles. The minimum atomic E-state index is 0.0509. The van der Waals surface area contributed by atoms with E-state index in [2.05, 4.69) is 19.8 Å². The summed E-state index contributed by atoms with van der Waals surface area (Å²) in [4.78, 5) is 12.9. The predicted molar refractivity (Wildman–Crippen MR) is 81.2 cm³/mol. The second-order valence-electron chi connectivity index (χ2n) is 5.55. The molecular formula is C14H25N5O. The average Bonchev–Trinajstić information content (AvgIpc) is 2.91.